The second kappa shape index (κ2) is 6.44. The summed E-state index contributed by atoms with van der Waals surface area (Å²) in [6, 6.07) is 8.34. The Kier molecular flexibility index (Phi) is 4.86. The molecule has 0 saturated heterocycles. The van der Waals surface area contributed by atoms with Crippen molar-refractivity contribution in [3.63, 3.8) is 0 Å². The zero-order chi connectivity index (χ0) is 14.7. The summed E-state index contributed by atoms with van der Waals surface area (Å²) in [7, 11) is 1.70. The summed E-state index contributed by atoms with van der Waals surface area (Å²) in [4.78, 5) is 17.7. The van der Waals surface area contributed by atoms with Gasteiger partial charge in [0.1, 0.15) is 5.15 Å². The minimum Gasteiger partial charge on any atom is -0.337 e. The van der Waals surface area contributed by atoms with Crippen LogP contribution in [0.1, 0.15) is 15.9 Å². The van der Waals surface area contributed by atoms with E-state index < -0.39 is 0 Å². The maximum Gasteiger partial charge on any atom is 0.254 e. The second-order valence-corrected chi connectivity index (χ2v) is 5.50. The molecular formula is C14H11Cl3N2O. The Morgan fingerprint density at radius 3 is 2.60 bits per heavy atom. The molecule has 1 amide bonds. The van der Waals surface area contributed by atoms with Gasteiger partial charge in [-0.05, 0) is 29.8 Å². The van der Waals surface area contributed by atoms with Gasteiger partial charge in [0.2, 0.25) is 0 Å². The van der Waals surface area contributed by atoms with Gasteiger partial charge in [-0.2, -0.15) is 0 Å². The van der Waals surface area contributed by atoms with Crippen molar-refractivity contribution >= 4 is 40.7 Å². The Bertz CT molecular complexity index is 646. The molecule has 0 unspecified atom stereocenters. The number of carbonyl (C=O) groups excluding carboxylic acids is 1. The number of pyridine rings is 1. The summed E-state index contributed by atoms with van der Waals surface area (Å²) in [6.07, 6.45) is 1.50. The average Bonchev–Trinajstić information content (AvgIpc) is 2.41. The Morgan fingerprint density at radius 1 is 1.20 bits per heavy atom. The smallest absolute Gasteiger partial charge is 0.254 e. The SMILES string of the molecule is CN(Cc1ccc(Cl)cc1Cl)C(=O)c1ccnc(Cl)c1. The van der Waals surface area contributed by atoms with E-state index in [0.29, 0.717) is 22.2 Å². The van der Waals surface area contributed by atoms with Gasteiger partial charge in [0, 0.05) is 35.4 Å². The molecule has 104 valence electrons. The van der Waals surface area contributed by atoms with E-state index in [9.17, 15) is 4.79 Å². The first-order valence-corrected chi connectivity index (χ1v) is 6.91. The first kappa shape index (κ1) is 15.1. The predicted octanol–water partition coefficient (Wildman–Crippen LogP) is 4.31. The molecule has 2 aromatic rings. The molecule has 0 aliphatic rings. The number of nitrogens with zero attached hydrogens (tertiary/aromatic N) is 2. The summed E-state index contributed by atoms with van der Waals surface area (Å²) in [5.41, 5.74) is 1.31. The molecule has 0 aliphatic carbocycles. The zero-order valence-electron chi connectivity index (χ0n) is 10.6. The third-order valence-electron chi connectivity index (χ3n) is 2.74. The highest BCUT2D eigenvalue weighted by Gasteiger charge is 2.14. The molecule has 0 fully saturated rings. The maximum atomic E-state index is 12.2. The van der Waals surface area contributed by atoms with Gasteiger partial charge < -0.3 is 4.90 Å². The third-order valence-corrected chi connectivity index (χ3v) is 3.54. The lowest BCUT2D eigenvalue weighted by Gasteiger charge is -2.18. The van der Waals surface area contributed by atoms with Crippen LogP contribution in [0.2, 0.25) is 15.2 Å². The standard InChI is InChI=1S/C14H11Cl3N2O/c1-19(8-10-2-3-11(15)7-12(10)16)14(20)9-4-5-18-13(17)6-9/h2-7H,8H2,1H3. The highest BCUT2D eigenvalue weighted by atomic mass is 35.5. The minimum absolute atomic E-state index is 0.152. The molecule has 0 aliphatic heterocycles. The lowest BCUT2D eigenvalue weighted by atomic mass is 10.2. The first-order chi connectivity index (χ1) is 9.47. The summed E-state index contributed by atoms with van der Waals surface area (Å²) in [5.74, 6) is -0.152. The van der Waals surface area contributed by atoms with E-state index in [1.807, 2.05) is 0 Å². The molecule has 1 aromatic heterocycles. The Labute approximate surface area is 132 Å². The van der Waals surface area contributed by atoms with Crippen LogP contribution in [-0.4, -0.2) is 22.8 Å². The van der Waals surface area contributed by atoms with Crippen molar-refractivity contribution in [2.75, 3.05) is 7.05 Å². The van der Waals surface area contributed by atoms with Gasteiger partial charge >= 0.3 is 0 Å². The van der Waals surface area contributed by atoms with Gasteiger partial charge in [0.15, 0.2) is 0 Å². The van der Waals surface area contributed by atoms with Gasteiger partial charge in [-0.1, -0.05) is 40.9 Å². The minimum atomic E-state index is -0.152. The molecule has 3 nitrogen and oxygen atoms in total. The fraction of sp³-hybridized carbons (Fsp3) is 0.143. The van der Waals surface area contributed by atoms with Crippen molar-refractivity contribution in [3.05, 3.63) is 62.9 Å². The number of halogens is 3. The van der Waals surface area contributed by atoms with Crippen molar-refractivity contribution < 1.29 is 4.79 Å². The fourth-order valence-corrected chi connectivity index (χ4v) is 2.38. The summed E-state index contributed by atoms with van der Waals surface area (Å²) in [5, 5.41) is 1.38. The van der Waals surface area contributed by atoms with Gasteiger partial charge in [-0.15, -0.1) is 0 Å². The summed E-state index contributed by atoms with van der Waals surface area (Å²) >= 11 is 17.7. The molecule has 0 N–H and O–H groups in total. The monoisotopic (exact) mass is 328 g/mol. The Balaban J connectivity index is 2.15. The van der Waals surface area contributed by atoms with E-state index in [0.717, 1.165) is 5.56 Å². The molecule has 6 heteroatoms. The molecule has 1 heterocycles. The van der Waals surface area contributed by atoms with Crippen LogP contribution in [0.25, 0.3) is 0 Å². The zero-order valence-corrected chi connectivity index (χ0v) is 12.9. The Morgan fingerprint density at radius 2 is 1.95 bits per heavy atom. The maximum absolute atomic E-state index is 12.2. The van der Waals surface area contributed by atoms with E-state index in [2.05, 4.69) is 4.98 Å². The van der Waals surface area contributed by atoms with E-state index in [1.54, 1.807) is 36.2 Å². The van der Waals surface area contributed by atoms with Crippen molar-refractivity contribution in [2.24, 2.45) is 0 Å². The van der Waals surface area contributed by atoms with E-state index in [1.165, 1.54) is 12.3 Å². The molecule has 0 radical (unpaired) electrons. The van der Waals surface area contributed by atoms with Crippen molar-refractivity contribution in [2.45, 2.75) is 6.54 Å². The van der Waals surface area contributed by atoms with Crippen molar-refractivity contribution in [1.82, 2.24) is 9.88 Å². The predicted molar refractivity (Wildman–Crippen MR) is 81.5 cm³/mol. The van der Waals surface area contributed by atoms with Gasteiger partial charge in [-0.25, -0.2) is 4.98 Å². The average molecular weight is 330 g/mol. The molecule has 1 aromatic carbocycles. The molecule has 0 bridgehead atoms. The quantitative estimate of drug-likeness (QED) is 0.786. The highest BCUT2D eigenvalue weighted by Crippen LogP contribution is 2.22. The van der Waals surface area contributed by atoms with Gasteiger partial charge in [0.05, 0.1) is 0 Å². The van der Waals surface area contributed by atoms with Crippen LogP contribution in [0.4, 0.5) is 0 Å². The molecule has 0 spiro atoms. The highest BCUT2D eigenvalue weighted by molar-refractivity contribution is 6.35. The second-order valence-electron chi connectivity index (χ2n) is 4.26. The van der Waals surface area contributed by atoms with Crippen molar-refractivity contribution in [1.29, 1.82) is 0 Å². The van der Waals surface area contributed by atoms with E-state index in [4.69, 9.17) is 34.8 Å². The fourth-order valence-electron chi connectivity index (χ4n) is 1.73. The number of hydrogen-bond donors (Lipinski definition) is 0. The number of aromatic nitrogens is 1. The van der Waals surface area contributed by atoms with Crippen LogP contribution in [0.15, 0.2) is 36.5 Å². The lowest BCUT2D eigenvalue weighted by Crippen LogP contribution is -2.26. The largest absolute Gasteiger partial charge is 0.337 e. The van der Waals surface area contributed by atoms with Crippen LogP contribution in [-0.2, 0) is 6.54 Å². The number of rotatable bonds is 3. The molecule has 20 heavy (non-hydrogen) atoms. The van der Waals surface area contributed by atoms with Crippen LogP contribution < -0.4 is 0 Å². The molecular weight excluding hydrogens is 319 g/mol. The van der Waals surface area contributed by atoms with Crippen LogP contribution >= 0.6 is 34.8 Å². The number of hydrogen-bond acceptors (Lipinski definition) is 2. The number of carbonyl (C=O) groups is 1. The summed E-state index contributed by atoms with van der Waals surface area (Å²) < 4.78 is 0. The third kappa shape index (κ3) is 3.63. The Hall–Kier alpha value is -1.29. The van der Waals surface area contributed by atoms with Crippen LogP contribution in [0, 0.1) is 0 Å². The summed E-state index contributed by atoms with van der Waals surface area (Å²) in [6.45, 7) is 0.384. The molecule has 2 rings (SSSR count). The molecule has 0 saturated carbocycles. The number of amides is 1. The lowest BCUT2D eigenvalue weighted by molar-refractivity contribution is 0.0785. The van der Waals surface area contributed by atoms with E-state index in [-0.39, 0.29) is 11.1 Å². The topological polar surface area (TPSA) is 33.2 Å². The van der Waals surface area contributed by atoms with Crippen molar-refractivity contribution in [3.8, 4) is 0 Å². The van der Waals surface area contributed by atoms with E-state index >= 15 is 0 Å². The first-order valence-electron chi connectivity index (χ1n) is 5.78. The van der Waals surface area contributed by atoms with Crippen LogP contribution in [0.3, 0.4) is 0 Å². The van der Waals surface area contributed by atoms with Gasteiger partial charge in [0.25, 0.3) is 5.91 Å². The molecule has 0 atom stereocenters. The normalized spacial score (nSPS) is 10.4. The van der Waals surface area contributed by atoms with Gasteiger partial charge in [-0.3, -0.25) is 4.79 Å². The van der Waals surface area contributed by atoms with Crippen LogP contribution in [0.5, 0.6) is 0 Å². The number of benzene rings is 1.